The number of nitrogens with zero attached hydrogens (tertiary/aromatic N) is 5. The van der Waals surface area contributed by atoms with E-state index in [0.29, 0.717) is 33.7 Å². The number of rotatable bonds is 6. The quantitative estimate of drug-likeness (QED) is 0.352. The number of nitrogens with one attached hydrogen (secondary N) is 3. The van der Waals surface area contributed by atoms with E-state index in [0.717, 1.165) is 12.2 Å². The number of aromatic nitrogens is 5. The van der Waals surface area contributed by atoms with E-state index in [4.69, 9.17) is 11.6 Å². The van der Waals surface area contributed by atoms with Gasteiger partial charge in [0.2, 0.25) is 5.88 Å². The number of hydrogen-bond donors (Lipinski definition) is 4. The molecule has 0 aliphatic carbocycles. The summed E-state index contributed by atoms with van der Waals surface area (Å²) in [6, 6.07) is 9.11. The molecule has 160 valence electrons. The molecule has 0 fully saturated rings. The predicted molar refractivity (Wildman–Crippen MR) is 119 cm³/mol. The molecule has 3 aromatic heterocycles. The number of imidazole rings is 1. The van der Waals surface area contributed by atoms with Gasteiger partial charge in [0, 0.05) is 28.5 Å². The molecule has 3 heterocycles. The van der Waals surface area contributed by atoms with Crippen molar-refractivity contribution in [3.05, 3.63) is 68.4 Å². The average molecular weight is 441 g/mol. The molecule has 0 radical (unpaired) electrons. The Morgan fingerprint density at radius 2 is 2.16 bits per heavy atom. The van der Waals surface area contributed by atoms with Crippen molar-refractivity contribution < 1.29 is 5.11 Å². The van der Waals surface area contributed by atoms with Gasteiger partial charge < -0.3 is 20.3 Å². The van der Waals surface area contributed by atoms with Crippen LogP contribution < -0.4 is 21.7 Å². The third kappa shape index (κ3) is 4.76. The molecule has 0 aliphatic heterocycles. The summed E-state index contributed by atoms with van der Waals surface area (Å²) in [6.07, 6.45) is 3.19. The van der Waals surface area contributed by atoms with E-state index in [1.807, 2.05) is 31.1 Å². The fourth-order valence-corrected chi connectivity index (χ4v) is 3.16. The van der Waals surface area contributed by atoms with E-state index in [-0.39, 0.29) is 11.6 Å². The highest BCUT2D eigenvalue weighted by Gasteiger charge is 2.08. The molecule has 0 saturated carbocycles. The van der Waals surface area contributed by atoms with Crippen molar-refractivity contribution in [3.63, 3.8) is 0 Å². The Hall–Kier alpha value is -3.63. The first-order valence-corrected chi connectivity index (χ1v) is 9.86. The van der Waals surface area contributed by atoms with Crippen LogP contribution in [-0.2, 0) is 0 Å². The van der Waals surface area contributed by atoms with Gasteiger partial charge in [0.15, 0.2) is 11.1 Å². The lowest BCUT2D eigenvalue weighted by Crippen LogP contribution is -2.22. The van der Waals surface area contributed by atoms with E-state index < -0.39 is 5.69 Å². The van der Waals surface area contributed by atoms with Crippen LogP contribution in [0.15, 0.2) is 46.3 Å². The molecule has 0 amide bonds. The van der Waals surface area contributed by atoms with Gasteiger partial charge in [-0.05, 0) is 38.4 Å². The topological polar surface area (TPSA) is 127 Å². The molecule has 4 N–H and O–H groups in total. The second kappa shape index (κ2) is 8.62. The lowest BCUT2D eigenvalue weighted by atomic mass is 10.3. The molecule has 0 saturated heterocycles. The minimum absolute atomic E-state index is 0.237. The van der Waals surface area contributed by atoms with Gasteiger partial charge in [-0.3, -0.25) is 9.98 Å². The Morgan fingerprint density at radius 3 is 2.87 bits per heavy atom. The zero-order valence-electron chi connectivity index (χ0n) is 16.9. The van der Waals surface area contributed by atoms with Crippen LogP contribution in [0.2, 0.25) is 5.02 Å². The van der Waals surface area contributed by atoms with Crippen LogP contribution in [0, 0.1) is 0 Å². The van der Waals surface area contributed by atoms with Gasteiger partial charge in [-0.15, -0.1) is 0 Å². The minimum Gasteiger partial charge on any atom is -0.493 e. The van der Waals surface area contributed by atoms with E-state index >= 15 is 0 Å². The summed E-state index contributed by atoms with van der Waals surface area (Å²) in [7, 11) is 3.96. The maximum atomic E-state index is 11.4. The number of halogens is 1. The molecule has 0 unspecified atom stereocenters. The molecule has 4 rings (SSSR count). The van der Waals surface area contributed by atoms with E-state index in [9.17, 15) is 9.90 Å². The average Bonchev–Trinajstić information content (AvgIpc) is 3.24. The number of aromatic amines is 2. The third-order valence-electron chi connectivity index (χ3n) is 4.43. The molecule has 0 spiro atoms. The molecule has 11 heteroatoms. The molecule has 31 heavy (non-hydrogen) atoms. The van der Waals surface area contributed by atoms with Crippen LogP contribution in [0.3, 0.4) is 0 Å². The number of anilines is 2. The summed E-state index contributed by atoms with van der Waals surface area (Å²) in [4.78, 5) is 27.6. The van der Waals surface area contributed by atoms with Gasteiger partial charge in [-0.2, -0.15) is 9.61 Å². The highest BCUT2D eigenvalue weighted by molar-refractivity contribution is 6.30. The van der Waals surface area contributed by atoms with Crippen molar-refractivity contribution in [1.29, 1.82) is 0 Å². The van der Waals surface area contributed by atoms with Crippen LogP contribution in [0.5, 0.6) is 5.88 Å². The fourth-order valence-electron chi connectivity index (χ4n) is 2.97. The van der Waals surface area contributed by atoms with E-state index in [2.05, 4.69) is 30.4 Å². The van der Waals surface area contributed by atoms with Crippen LogP contribution in [0.25, 0.3) is 11.7 Å². The van der Waals surface area contributed by atoms with Crippen LogP contribution in [0.1, 0.15) is 5.69 Å². The van der Waals surface area contributed by atoms with Crippen molar-refractivity contribution in [2.45, 2.75) is 0 Å². The predicted octanol–water partition coefficient (Wildman–Crippen LogP) is 0.858. The zero-order valence-corrected chi connectivity index (χ0v) is 17.7. The van der Waals surface area contributed by atoms with E-state index in [1.165, 1.54) is 0 Å². The van der Waals surface area contributed by atoms with Crippen molar-refractivity contribution in [2.75, 3.05) is 32.5 Å². The normalized spacial score (nSPS) is 12.9. The first-order valence-electron chi connectivity index (χ1n) is 9.48. The molecule has 10 nitrogen and oxygen atoms in total. The zero-order chi connectivity index (χ0) is 22.0. The lowest BCUT2D eigenvalue weighted by Gasteiger charge is -2.08. The second-order valence-electron chi connectivity index (χ2n) is 7.14. The summed E-state index contributed by atoms with van der Waals surface area (Å²) in [5.41, 5.74) is 1.64. The highest BCUT2D eigenvalue weighted by atomic mass is 35.5. The van der Waals surface area contributed by atoms with Crippen molar-refractivity contribution in [1.82, 2.24) is 29.5 Å². The summed E-state index contributed by atoms with van der Waals surface area (Å²) < 4.78 is 1.62. The number of hydrogen-bond acceptors (Lipinski definition) is 7. The number of H-pyrrole nitrogens is 2. The summed E-state index contributed by atoms with van der Waals surface area (Å²) >= 11 is 6.09. The van der Waals surface area contributed by atoms with Gasteiger partial charge in [-0.1, -0.05) is 17.7 Å². The Balaban J connectivity index is 1.86. The van der Waals surface area contributed by atoms with Crippen LogP contribution in [0.4, 0.5) is 11.5 Å². The monoisotopic (exact) mass is 440 g/mol. The molecule has 1 aromatic carbocycles. The molecule has 0 atom stereocenters. The Morgan fingerprint density at radius 1 is 1.32 bits per heavy atom. The van der Waals surface area contributed by atoms with Gasteiger partial charge in [0.25, 0.3) is 0 Å². The van der Waals surface area contributed by atoms with Gasteiger partial charge in [0.1, 0.15) is 11.5 Å². The molecule has 0 aliphatic rings. The molecule has 4 aromatic rings. The standard InChI is InChI=1S/C20H21ClN8O2/c1-28(2)7-6-22-17-10-16(24-14-5-3-4-13(21)9-14)26-18-12(11-23-29(17)18)8-15-19(30)27-20(31)25-15/h3-5,8-11,24,30H,6-7H2,1-2H3,(H2,25,27,31)/b12-8-,22-17?. The largest absolute Gasteiger partial charge is 0.493 e. The van der Waals surface area contributed by atoms with Gasteiger partial charge in [0.05, 0.1) is 12.7 Å². The summed E-state index contributed by atoms with van der Waals surface area (Å²) in [5.74, 6) is 0.300. The van der Waals surface area contributed by atoms with Crippen LogP contribution in [-0.4, -0.2) is 61.8 Å². The number of aromatic hydroxyl groups is 1. The Labute approximate surface area is 181 Å². The first kappa shape index (κ1) is 20.6. The fraction of sp³-hybridized carbons (Fsp3) is 0.200. The van der Waals surface area contributed by atoms with Crippen molar-refractivity contribution in [2.24, 2.45) is 4.99 Å². The SMILES string of the molecule is CN(C)CCN=c1cc(Nc2cccc(Cl)c2)nc2/c(=C\c3[nH]c(=O)[nH]c3O)cnn12. The number of benzene rings is 1. The molecule has 0 bridgehead atoms. The van der Waals surface area contributed by atoms with E-state index in [1.54, 1.807) is 35.0 Å². The smallest absolute Gasteiger partial charge is 0.326 e. The number of likely N-dealkylation sites (N-methyl/N-ethyl adjacent to an activating group) is 1. The van der Waals surface area contributed by atoms with Gasteiger partial charge >= 0.3 is 5.69 Å². The number of fused-ring (bicyclic) bond motifs is 1. The lowest BCUT2D eigenvalue weighted by molar-refractivity contribution is 0.418. The third-order valence-corrected chi connectivity index (χ3v) is 4.67. The maximum absolute atomic E-state index is 11.4. The maximum Gasteiger partial charge on any atom is 0.326 e. The minimum atomic E-state index is -0.504. The second-order valence-corrected chi connectivity index (χ2v) is 7.58. The highest BCUT2D eigenvalue weighted by Crippen LogP contribution is 2.18. The van der Waals surface area contributed by atoms with Crippen LogP contribution >= 0.6 is 11.6 Å². The molecular formula is C20H21ClN8O2. The Bertz CT molecular complexity index is 1400. The summed E-state index contributed by atoms with van der Waals surface area (Å²) in [5, 5.41) is 18.7. The Kier molecular flexibility index (Phi) is 5.74. The molecular weight excluding hydrogens is 420 g/mol. The van der Waals surface area contributed by atoms with Crippen molar-refractivity contribution >= 4 is 34.8 Å². The van der Waals surface area contributed by atoms with Gasteiger partial charge in [-0.25, -0.2) is 9.78 Å². The van der Waals surface area contributed by atoms with Crippen molar-refractivity contribution in [3.8, 4) is 5.88 Å². The summed E-state index contributed by atoms with van der Waals surface area (Å²) in [6.45, 7) is 1.35. The first-order chi connectivity index (χ1) is 14.9.